The molecule has 0 amide bonds. The summed E-state index contributed by atoms with van der Waals surface area (Å²) in [5.41, 5.74) is 10.8. The predicted octanol–water partition coefficient (Wildman–Crippen LogP) is 2.64. The van der Waals surface area contributed by atoms with Crippen LogP contribution < -0.4 is 16.2 Å². The molecule has 33 heavy (non-hydrogen) atoms. The lowest BCUT2D eigenvalue weighted by Crippen LogP contribution is -2.25. The van der Waals surface area contributed by atoms with Crippen LogP contribution in [0.1, 0.15) is 27.7 Å². The second kappa shape index (κ2) is 12.3. The predicted molar refractivity (Wildman–Crippen MR) is 125 cm³/mol. The minimum absolute atomic E-state index is 0.0451. The maximum atomic E-state index is 8.59. The number of halogens is 1. The van der Waals surface area contributed by atoms with Crippen LogP contribution in [0.4, 0.5) is 11.6 Å². The Bertz CT molecular complexity index is 853. The molecular weight excluding hydrogens is 452 g/mol. The second-order valence-electron chi connectivity index (χ2n) is 8.18. The van der Waals surface area contributed by atoms with Gasteiger partial charge in [-0.1, -0.05) is 23.7 Å². The van der Waals surface area contributed by atoms with Crippen molar-refractivity contribution in [2.45, 2.75) is 51.5 Å². The summed E-state index contributed by atoms with van der Waals surface area (Å²) in [7, 11) is 0. The Balaban J connectivity index is 0.000000192. The van der Waals surface area contributed by atoms with Gasteiger partial charge in [-0.05, 0) is 45.9 Å². The van der Waals surface area contributed by atoms with Gasteiger partial charge in [-0.2, -0.15) is 4.98 Å². The smallest absolute Gasteiger partial charge is 0.215 e. The fourth-order valence-corrected chi connectivity index (χ4v) is 2.98. The van der Waals surface area contributed by atoms with Crippen molar-refractivity contribution in [3.63, 3.8) is 0 Å². The number of rotatable bonds is 4. The van der Waals surface area contributed by atoms with Crippen LogP contribution >= 0.6 is 11.6 Å². The van der Waals surface area contributed by atoms with Gasteiger partial charge in [0.15, 0.2) is 11.6 Å². The molecule has 2 saturated heterocycles. The van der Waals surface area contributed by atoms with Crippen LogP contribution in [0.2, 0.25) is 5.15 Å². The minimum atomic E-state index is -0.517. The number of aromatic nitrogens is 2. The van der Waals surface area contributed by atoms with E-state index in [1.807, 2.05) is 27.7 Å². The summed E-state index contributed by atoms with van der Waals surface area (Å²) in [5, 5.41) is 9.03. The highest BCUT2D eigenvalue weighted by molar-refractivity contribution is 6.29. The van der Waals surface area contributed by atoms with Crippen LogP contribution in [0.5, 0.6) is 5.88 Å². The largest absolute Gasteiger partial charge is 0.475 e. The molecule has 0 aliphatic carbocycles. The Morgan fingerprint density at radius 3 is 1.88 bits per heavy atom. The van der Waals surface area contributed by atoms with Gasteiger partial charge < -0.3 is 40.3 Å². The Morgan fingerprint density at radius 1 is 0.939 bits per heavy atom. The Kier molecular flexibility index (Phi) is 10.1. The van der Waals surface area contributed by atoms with E-state index in [9.17, 15) is 0 Å². The van der Waals surface area contributed by atoms with Crippen LogP contribution in [-0.4, -0.2) is 65.3 Å². The van der Waals surface area contributed by atoms with E-state index in [4.69, 9.17) is 51.9 Å². The molecule has 0 spiro atoms. The van der Waals surface area contributed by atoms with Gasteiger partial charge in [-0.3, -0.25) is 0 Å². The molecule has 11 heteroatoms. The molecule has 2 aliphatic heterocycles. The van der Waals surface area contributed by atoms with Crippen LogP contribution in [-0.2, 0) is 18.9 Å². The standard InChI is InChI=1S/C11H16N2O3.C6H12O3.C5H5ClN2/c1-11(2)15-7-8(16-11)6-14-10-5-3-4-9(12)13-10;1-6(2)8-4-5(3-7)9-6;6-4-2-1-3-5(7)8-4/h3-5,8H,6-7H2,1-2H3,(H2,12,13);5,7H,3-4H2,1-2H3;1-3H,(H2,7,8)/t8-;5-;/m00./s1. The van der Waals surface area contributed by atoms with E-state index in [0.29, 0.717) is 42.5 Å². The number of aliphatic hydroxyl groups excluding tert-OH is 1. The number of nitrogens with zero attached hydrogens (tertiary/aromatic N) is 2. The zero-order valence-corrected chi connectivity index (χ0v) is 20.1. The molecule has 4 rings (SSSR count). The number of nitrogen functional groups attached to an aromatic ring is 2. The van der Waals surface area contributed by atoms with Gasteiger partial charge >= 0.3 is 0 Å². The summed E-state index contributed by atoms with van der Waals surface area (Å²) in [4.78, 5) is 7.75. The molecule has 2 aromatic heterocycles. The number of pyridine rings is 2. The molecule has 184 valence electrons. The highest BCUT2D eigenvalue weighted by atomic mass is 35.5. The van der Waals surface area contributed by atoms with Crippen LogP contribution in [0.25, 0.3) is 0 Å². The minimum Gasteiger partial charge on any atom is -0.475 e. The van der Waals surface area contributed by atoms with E-state index in [-0.39, 0.29) is 18.8 Å². The monoisotopic (exact) mass is 484 g/mol. The van der Waals surface area contributed by atoms with Crippen LogP contribution in [0, 0.1) is 0 Å². The number of hydrogen-bond donors (Lipinski definition) is 3. The molecule has 0 saturated carbocycles. The number of aliphatic hydroxyl groups is 1. The molecule has 2 atom stereocenters. The van der Waals surface area contributed by atoms with Crippen molar-refractivity contribution < 1.29 is 28.8 Å². The van der Waals surface area contributed by atoms with E-state index >= 15 is 0 Å². The molecule has 0 bridgehead atoms. The topological polar surface area (TPSA) is 144 Å². The third kappa shape index (κ3) is 10.5. The van der Waals surface area contributed by atoms with Gasteiger partial charge in [0.05, 0.1) is 19.8 Å². The average Bonchev–Trinajstić information content (AvgIpc) is 3.27. The van der Waals surface area contributed by atoms with Gasteiger partial charge in [-0.15, -0.1) is 0 Å². The lowest BCUT2D eigenvalue weighted by molar-refractivity contribution is -0.142. The average molecular weight is 485 g/mol. The third-order valence-corrected chi connectivity index (χ3v) is 4.45. The SMILES string of the molecule is CC1(C)OC[C@H](CO)O1.CC1(C)OC[C@H](COc2cccc(N)n2)O1.Nc1cccc(Cl)n1. The summed E-state index contributed by atoms with van der Waals surface area (Å²) >= 11 is 5.45. The molecular formula is C22H33ClN4O6. The van der Waals surface area contributed by atoms with Gasteiger partial charge in [-0.25, -0.2) is 4.98 Å². The first kappa shape index (κ1) is 27.0. The highest BCUT2D eigenvalue weighted by Crippen LogP contribution is 2.23. The number of nitrogens with two attached hydrogens (primary N) is 2. The van der Waals surface area contributed by atoms with Crippen LogP contribution in [0.15, 0.2) is 36.4 Å². The van der Waals surface area contributed by atoms with Gasteiger partial charge in [0, 0.05) is 6.07 Å². The van der Waals surface area contributed by atoms with E-state index < -0.39 is 11.6 Å². The number of anilines is 2. The molecule has 2 fully saturated rings. The molecule has 4 heterocycles. The van der Waals surface area contributed by atoms with Crippen molar-refractivity contribution in [3.8, 4) is 5.88 Å². The van der Waals surface area contributed by atoms with Crippen molar-refractivity contribution in [2.24, 2.45) is 0 Å². The lowest BCUT2D eigenvalue weighted by atomic mass is 10.4. The fourth-order valence-electron chi connectivity index (χ4n) is 2.81. The van der Waals surface area contributed by atoms with Crippen LogP contribution in [0.3, 0.4) is 0 Å². The normalized spacial score (nSPS) is 22.5. The summed E-state index contributed by atoms with van der Waals surface area (Å²) in [5.74, 6) is 0.400. The van der Waals surface area contributed by atoms with Crippen molar-refractivity contribution in [2.75, 3.05) is 37.9 Å². The maximum Gasteiger partial charge on any atom is 0.215 e. The van der Waals surface area contributed by atoms with E-state index in [1.165, 1.54) is 0 Å². The van der Waals surface area contributed by atoms with E-state index in [1.54, 1.807) is 36.4 Å². The Hall–Kier alpha value is -2.21. The molecule has 10 nitrogen and oxygen atoms in total. The molecule has 5 N–H and O–H groups in total. The van der Waals surface area contributed by atoms with Crippen molar-refractivity contribution in [1.82, 2.24) is 9.97 Å². The van der Waals surface area contributed by atoms with Crippen molar-refractivity contribution in [1.29, 1.82) is 0 Å². The van der Waals surface area contributed by atoms with Gasteiger partial charge in [0.1, 0.15) is 35.6 Å². The Morgan fingerprint density at radius 2 is 1.48 bits per heavy atom. The summed E-state index contributed by atoms with van der Waals surface area (Å²) in [6, 6.07) is 10.4. The maximum absolute atomic E-state index is 8.59. The quantitative estimate of drug-likeness (QED) is 0.553. The molecule has 0 unspecified atom stereocenters. The van der Waals surface area contributed by atoms with Gasteiger partial charge in [0.2, 0.25) is 5.88 Å². The summed E-state index contributed by atoms with van der Waals surface area (Å²) in [6.07, 6.45) is -0.182. The van der Waals surface area contributed by atoms with E-state index in [2.05, 4.69) is 9.97 Å². The zero-order chi connectivity index (χ0) is 24.5. The number of hydrogen-bond acceptors (Lipinski definition) is 10. The number of ether oxygens (including phenoxy) is 5. The first-order valence-corrected chi connectivity index (χ1v) is 10.8. The summed E-state index contributed by atoms with van der Waals surface area (Å²) < 4.78 is 26.9. The highest BCUT2D eigenvalue weighted by Gasteiger charge is 2.33. The molecule has 2 aromatic rings. The zero-order valence-electron chi connectivity index (χ0n) is 19.4. The Labute approximate surface area is 199 Å². The first-order valence-electron chi connectivity index (χ1n) is 10.5. The van der Waals surface area contributed by atoms with Gasteiger partial charge in [0.25, 0.3) is 0 Å². The molecule has 2 aliphatic rings. The van der Waals surface area contributed by atoms with E-state index in [0.717, 1.165) is 0 Å². The van der Waals surface area contributed by atoms with Crippen molar-refractivity contribution >= 4 is 23.2 Å². The first-order chi connectivity index (χ1) is 15.5. The molecule has 0 aromatic carbocycles. The molecule has 0 radical (unpaired) electrons. The fraction of sp³-hybridized carbons (Fsp3) is 0.545. The third-order valence-electron chi connectivity index (χ3n) is 4.24. The summed E-state index contributed by atoms with van der Waals surface area (Å²) in [6.45, 7) is 8.94. The van der Waals surface area contributed by atoms with Crippen molar-refractivity contribution in [3.05, 3.63) is 41.6 Å². The second-order valence-corrected chi connectivity index (χ2v) is 8.57. The lowest BCUT2D eigenvalue weighted by Gasteiger charge is -2.17.